The normalized spacial score (nSPS) is 12.9. The third kappa shape index (κ3) is 18.0. The lowest BCUT2D eigenvalue weighted by Crippen LogP contribution is -2.39. The number of carbonyl (C=O) groups excluding carboxylic acids is 2. The molecule has 1 amide bonds. The summed E-state index contributed by atoms with van der Waals surface area (Å²) in [5.41, 5.74) is 1.15. The number of benzene rings is 1. The molecule has 1 atom stereocenters. The van der Waals surface area contributed by atoms with E-state index in [1.165, 1.54) is 84.0 Å². The van der Waals surface area contributed by atoms with Crippen LogP contribution in [-0.2, 0) is 13.9 Å². The van der Waals surface area contributed by atoms with E-state index < -0.39 is 13.9 Å². The number of phosphoric acid groups is 1. The maximum Gasteiger partial charge on any atom is 0.470 e. The number of Topliss-reactive ketones (excluding diaryl/α,β-unsaturated/α-hetero) is 1. The van der Waals surface area contributed by atoms with E-state index in [0.29, 0.717) is 22.2 Å². The van der Waals surface area contributed by atoms with Crippen LogP contribution < -0.4 is 5.32 Å². The minimum Gasteiger partial charge on any atom is -0.328 e. The first kappa shape index (κ1) is 36.5. The van der Waals surface area contributed by atoms with Crippen molar-refractivity contribution in [1.82, 2.24) is 0 Å². The lowest BCUT2D eigenvalue weighted by Gasteiger charge is -2.30. The molecule has 0 aliphatic carbocycles. The molecule has 0 aromatic heterocycles. The molecule has 0 saturated heterocycles. The largest absolute Gasteiger partial charge is 0.470 e. The molecule has 0 heterocycles. The first-order chi connectivity index (χ1) is 18.8. The number of hydrogen-bond acceptors (Lipinski definition) is 4. The zero-order valence-electron chi connectivity index (χ0n) is 25.8. The number of amides is 1. The quantitative estimate of drug-likeness (QED) is 0.0522. The summed E-state index contributed by atoms with van der Waals surface area (Å²) in [5.74, 6) is -0.374. The number of hydrogen-bond donors (Lipinski definition) is 3. The number of unbranched alkanes of at least 4 members (excludes halogenated alkanes) is 14. The fourth-order valence-electron chi connectivity index (χ4n) is 4.95. The van der Waals surface area contributed by atoms with E-state index in [-0.39, 0.29) is 23.8 Å². The van der Waals surface area contributed by atoms with Gasteiger partial charge in [-0.25, -0.2) is 4.57 Å². The van der Waals surface area contributed by atoms with Crippen LogP contribution in [0.2, 0.25) is 0 Å². The van der Waals surface area contributed by atoms with Crippen LogP contribution in [0.3, 0.4) is 0 Å². The average molecular weight is 584 g/mol. The Kier molecular flexibility index (Phi) is 17.8. The third-order valence-electron chi connectivity index (χ3n) is 7.05. The van der Waals surface area contributed by atoms with Gasteiger partial charge in [0.2, 0.25) is 5.91 Å². The van der Waals surface area contributed by atoms with Crippen molar-refractivity contribution in [1.29, 1.82) is 0 Å². The van der Waals surface area contributed by atoms with Crippen molar-refractivity contribution in [3.63, 3.8) is 0 Å². The molecule has 1 aromatic carbocycles. The van der Waals surface area contributed by atoms with E-state index in [4.69, 9.17) is 4.52 Å². The zero-order chi connectivity index (χ0) is 30.0. The molecular weight excluding hydrogens is 527 g/mol. The molecule has 0 fully saturated rings. The molecule has 3 N–H and O–H groups in total. The summed E-state index contributed by atoms with van der Waals surface area (Å²) in [7, 11) is 0.829. The molecular formula is C31H56N2O6P+. The molecule has 0 spiro atoms. The Hall–Kier alpha value is -1.57. The van der Waals surface area contributed by atoms with Gasteiger partial charge in [0.1, 0.15) is 12.6 Å². The molecule has 1 aromatic rings. The van der Waals surface area contributed by atoms with Gasteiger partial charge < -0.3 is 19.6 Å². The Balaban J connectivity index is 2.40. The molecule has 1 unspecified atom stereocenters. The summed E-state index contributed by atoms with van der Waals surface area (Å²) in [6.45, 7) is 3.89. The van der Waals surface area contributed by atoms with Crippen LogP contribution in [0, 0.1) is 0 Å². The van der Waals surface area contributed by atoms with Gasteiger partial charge in [0, 0.05) is 17.7 Å². The minimum atomic E-state index is -4.78. The van der Waals surface area contributed by atoms with Gasteiger partial charge >= 0.3 is 7.82 Å². The van der Waals surface area contributed by atoms with Crippen LogP contribution in [0.15, 0.2) is 18.2 Å². The molecule has 0 aliphatic rings. The number of carbonyl (C=O) groups is 2. The number of phosphoric ester groups is 1. The number of ketones is 1. The van der Waals surface area contributed by atoms with Gasteiger partial charge in [0.05, 0.1) is 21.1 Å². The van der Waals surface area contributed by atoms with Crippen molar-refractivity contribution in [2.75, 3.05) is 33.0 Å². The summed E-state index contributed by atoms with van der Waals surface area (Å²) in [6, 6.07) is 4.82. The lowest BCUT2D eigenvalue weighted by molar-refractivity contribution is -0.874. The van der Waals surface area contributed by atoms with Gasteiger partial charge in [-0.1, -0.05) is 103 Å². The lowest BCUT2D eigenvalue weighted by atomic mass is 9.98. The first-order valence-electron chi connectivity index (χ1n) is 15.3. The van der Waals surface area contributed by atoms with Crippen LogP contribution in [-0.4, -0.2) is 53.6 Å². The van der Waals surface area contributed by atoms with E-state index in [1.54, 1.807) is 18.2 Å². The highest BCUT2D eigenvalue weighted by atomic mass is 31.2. The summed E-state index contributed by atoms with van der Waals surface area (Å²) >= 11 is 0. The summed E-state index contributed by atoms with van der Waals surface area (Å²) in [6.07, 6.45) is 18.5. The molecule has 8 nitrogen and oxygen atoms in total. The maximum absolute atomic E-state index is 12.5. The minimum absolute atomic E-state index is 0.105. The van der Waals surface area contributed by atoms with Crippen LogP contribution >= 0.6 is 7.82 Å². The number of likely N-dealkylation sites (N-methyl/N-ethyl adjacent to an activating group) is 1. The third-order valence-corrected chi connectivity index (χ3v) is 7.58. The van der Waals surface area contributed by atoms with E-state index in [1.807, 2.05) is 21.1 Å². The van der Waals surface area contributed by atoms with Gasteiger partial charge in [-0.15, -0.1) is 0 Å². The highest BCUT2D eigenvalue weighted by Gasteiger charge is 2.31. The Labute approximate surface area is 243 Å². The SMILES string of the molecule is CCCCCCCCCCCCCCCCCC(=O)Nc1ccc(C(C[N+](C)(C)C)OP(=O)(O)O)c(C(C)=O)c1. The number of rotatable bonds is 23. The highest BCUT2D eigenvalue weighted by Crippen LogP contribution is 2.43. The van der Waals surface area contributed by atoms with Crippen LogP contribution in [0.4, 0.5) is 5.69 Å². The Morgan fingerprint density at radius 2 is 1.32 bits per heavy atom. The van der Waals surface area contributed by atoms with Crippen LogP contribution in [0.5, 0.6) is 0 Å². The molecule has 9 heteroatoms. The first-order valence-corrected chi connectivity index (χ1v) is 16.8. The predicted molar refractivity (Wildman–Crippen MR) is 163 cm³/mol. The highest BCUT2D eigenvalue weighted by molar-refractivity contribution is 7.46. The van der Waals surface area contributed by atoms with Crippen molar-refractivity contribution < 1.29 is 32.9 Å². The van der Waals surface area contributed by atoms with Gasteiger partial charge in [-0.2, -0.15) is 0 Å². The molecule has 230 valence electrons. The summed E-state index contributed by atoms with van der Waals surface area (Å²) in [5, 5.41) is 2.86. The topological polar surface area (TPSA) is 113 Å². The predicted octanol–water partition coefficient (Wildman–Crippen LogP) is 7.95. The number of nitrogens with one attached hydrogen (secondary N) is 1. The second-order valence-electron chi connectivity index (χ2n) is 12.2. The van der Waals surface area contributed by atoms with E-state index >= 15 is 0 Å². The standard InChI is InChI=1S/C31H55N2O6P/c1-6-7-8-9-10-11-12-13-14-15-16-17-18-19-20-21-31(35)32-27-22-23-28(29(24-27)26(2)34)30(25-33(3,4)5)39-40(36,37)38/h22-24,30H,6-21,25H2,1-5H3,(H2-,32,35,36,37,38)/p+1. The number of anilines is 1. The van der Waals surface area contributed by atoms with Crippen LogP contribution in [0.1, 0.15) is 139 Å². The maximum atomic E-state index is 12.5. The Morgan fingerprint density at radius 3 is 1.75 bits per heavy atom. The molecule has 0 bridgehead atoms. The van der Waals surface area contributed by atoms with Gasteiger partial charge in [-0.3, -0.25) is 14.1 Å². The van der Waals surface area contributed by atoms with E-state index in [2.05, 4.69) is 12.2 Å². The number of quaternary nitrogens is 1. The molecule has 0 aliphatic heterocycles. The summed E-state index contributed by atoms with van der Waals surface area (Å²) < 4.78 is 17.0. The second-order valence-corrected chi connectivity index (χ2v) is 13.4. The fraction of sp³-hybridized carbons (Fsp3) is 0.742. The Morgan fingerprint density at radius 1 is 0.850 bits per heavy atom. The molecule has 0 radical (unpaired) electrons. The zero-order valence-corrected chi connectivity index (χ0v) is 26.6. The van der Waals surface area contributed by atoms with Crippen LogP contribution in [0.25, 0.3) is 0 Å². The fourth-order valence-corrected chi connectivity index (χ4v) is 5.46. The van der Waals surface area contributed by atoms with Gasteiger partial charge in [0.15, 0.2) is 5.78 Å². The Bertz CT molecular complexity index is 925. The smallest absolute Gasteiger partial charge is 0.328 e. The van der Waals surface area contributed by atoms with E-state index in [9.17, 15) is 23.9 Å². The second kappa shape index (κ2) is 19.5. The molecule has 1 rings (SSSR count). The van der Waals surface area contributed by atoms with Gasteiger partial charge in [-0.05, 0) is 31.0 Å². The van der Waals surface area contributed by atoms with Crippen molar-refractivity contribution in [2.24, 2.45) is 0 Å². The average Bonchev–Trinajstić information content (AvgIpc) is 2.84. The number of nitrogens with zero attached hydrogens (tertiary/aromatic N) is 1. The van der Waals surface area contributed by atoms with Crippen molar-refractivity contribution in [3.05, 3.63) is 29.3 Å². The van der Waals surface area contributed by atoms with Crippen molar-refractivity contribution in [3.8, 4) is 0 Å². The van der Waals surface area contributed by atoms with Crippen molar-refractivity contribution >= 4 is 25.2 Å². The monoisotopic (exact) mass is 583 g/mol. The molecule has 0 saturated carbocycles. The summed E-state index contributed by atoms with van der Waals surface area (Å²) in [4.78, 5) is 43.7. The van der Waals surface area contributed by atoms with Gasteiger partial charge in [0.25, 0.3) is 0 Å². The van der Waals surface area contributed by atoms with Crippen molar-refractivity contribution in [2.45, 2.75) is 123 Å². The molecule has 40 heavy (non-hydrogen) atoms. The van der Waals surface area contributed by atoms with E-state index in [0.717, 1.165) is 19.3 Å².